The molecule has 1 aromatic carbocycles. The van der Waals surface area contributed by atoms with Crippen molar-refractivity contribution in [3.8, 4) is 0 Å². The van der Waals surface area contributed by atoms with Gasteiger partial charge in [0, 0.05) is 12.6 Å². The molecular weight excluding hydrogens is 259 g/mol. The molecular formula is C12H14Cl2N2O. The van der Waals surface area contributed by atoms with E-state index < -0.39 is 0 Å². The third-order valence-corrected chi connectivity index (χ3v) is 3.53. The lowest BCUT2D eigenvalue weighted by molar-refractivity contribution is -0.119. The predicted octanol–water partition coefficient (Wildman–Crippen LogP) is 2.44. The highest BCUT2D eigenvalue weighted by Crippen LogP contribution is 2.29. The summed E-state index contributed by atoms with van der Waals surface area (Å²) in [4.78, 5) is 13.1. The second-order valence-corrected chi connectivity index (χ2v) is 5.17. The lowest BCUT2D eigenvalue weighted by atomic mass is 10.2. The molecule has 92 valence electrons. The maximum absolute atomic E-state index is 11.0. The van der Waals surface area contributed by atoms with Crippen molar-refractivity contribution in [3.63, 3.8) is 0 Å². The molecule has 1 aliphatic rings. The lowest BCUT2D eigenvalue weighted by Crippen LogP contribution is -2.34. The Balaban J connectivity index is 2.06. The molecule has 1 saturated carbocycles. The van der Waals surface area contributed by atoms with Crippen molar-refractivity contribution in [2.75, 3.05) is 6.54 Å². The number of amides is 1. The quantitative estimate of drug-likeness (QED) is 0.895. The molecule has 17 heavy (non-hydrogen) atoms. The minimum absolute atomic E-state index is 0.294. The maximum atomic E-state index is 11.0. The lowest BCUT2D eigenvalue weighted by Gasteiger charge is -2.20. The van der Waals surface area contributed by atoms with Gasteiger partial charge in [-0.2, -0.15) is 0 Å². The molecule has 0 atom stereocenters. The molecule has 0 unspecified atom stereocenters. The molecule has 5 heteroatoms. The van der Waals surface area contributed by atoms with Crippen molar-refractivity contribution in [2.24, 2.45) is 5.73 Å². The van der Waals surface area contributed by atoms with Crippen LogP contribution in [0.25, 0.3) is 0 Å². The van der Waals surface area contributed by atoms with Crippen LogP contribution in [0.2, 0.25) is 10.0 Å². The molecule has 0 spiro atoms. The largest absolute Gasteiger partial charge is 0.369 e. The Kier molecular flexibility index (Phi) is 3.92. The first-order valence-electron chi connectivity index (χ1n) is 5.52. The van der Waals surface area contributed by atoms with Crippen molar-refractivity contribution in [2.45, 2.75) is 25.4 Å². The zero-order chi connectivity index (χ0) is 12.4. The van der Waals surface area contributed by atoms with Crippen LogP contribution in [-0.4, -0.2) is 23.4 Å². The van der Waals surface area contributed by atoms with E-state index in [1.807, 2.05) is 12.1 Å². The third kappa shape index (κ3) is 3.60. The van der Waals surface area contributed by atoms with E-state index in [1.54, 1.807) is 6.07 Å². The van der Waals surface area contributed by atoms with Crippen LogP contribution in [0.5, 0.6) is 0 Å². The molecule has 0 saturated heterocycles. The van der Waals surface area contributed by atoms with Crippen LogP contribution in [0.3, 0.4) is 0 Å². The molecule has 0 aliphatic heterocycles. The summed E-state index contributed by atoms with van der Waals surface area (Å²) in [6.45, 7) is 0.982. The summed E-state index contributed by atoms with van der Waals surface area (Å²) in [7, 11) is 0. The minimum Gasteiger partial charge on any atom is -0.369 e. The minimum atomic E-state index is -0.294. The van der Waals surface area contributed by atoms with Gasteiger partial charge < -0.3 is 5.73 Å². The van der Waals surface area contributed by atoms with Gasteiger partial charge in [0.1, 0.15) is 0 Å². The summed E-state index contributed by atoms with van der Waals surface area (Å²) in [5.74, 6) is -0.294. The second-order valence-electron chi connectivity index (χ2n) is 4.35. The molecule has 1 aromatic rings. The van der Waals surface area contributed by atoms with Crippen LogP contribution in [0.15, 0.2) is 18.2 Å². The van der Waals surface area contributed by atoms with E-state index in [4.69, 9.17) is 28.9 Å². The van der Waals surface area contributed by atoms with Gasteiger partial charge in [-0.1, -0.05) is 29.3 Å². The number of nitrogens with two attached hydrogens (primary N) is 1. The van der Waals surface area contributed by atoms with Crippen molar-refractivity contribution >= 4 is 29.1 Å². The average molecular weight is 273 g/mol. The van der Waals surface area contributed by atoms with Crippen molar-refractivity contribution in [1.82, 2.24) is 4.90 Å². The molecule has 2 rings (SSSR count). The number of nitrogens with zero attached hydrogens (tertiary/aromatic N) is 1. The topological polar surface area (TPSA) is 46.3 Å². The standard InChI is InChI=1S/C12H14Cl2N2O/c13-10-4-1-8(5-11(10)14)6-16(7-12(15)17)9-2-3-9/h1,4-5,9H,2-3,6-7H2,(H2,15,17). The fourth-order valence-electron chi connectivity index (χ4n) is 1.83. The highest BCUT2D eigenvalue weighted by molar-refractivity contribution is 6.42. The molecule has 3 nitrogen and oxygen atoms in total. The summed E-state index contributed by atoms with van der Waals surface area (Å²) in [6.07, 6.45) is 2.27. The monoisotopic (exact) mass is 272 g/mol. The van der Waals surface area contributed by atoms with Gasteiger partial charge in [0.2, 0.25) is 5.91 Å². The van der Waals surface area contributed by atoms with Gasteiger partial charge in [-0.15, -0.1) is 0 Å². The summed E-state index contributed by atoms with van der Waals surface area (Å²) >= 11 is 11.8. The van der Waals surface area contributed by atoms with Crippen molar-refractivity contribution in [3.05, 3.63) is 33.8 Å². The first-order valence-corrected chi connectivity index (χ1v) is 6.28. The number of carbonyl (C=O) groups excluding carboxylic acids is 1. The molecule has 0 heterocycles. The number of hydrogen-bond donors (Lipinski definition) is 1. The van der Waals surface area contributed by atoms with Gasteiger partial charge >= 0.3 is 0 Å². The van der Waals surface area contributed by atoms with E-state index in [-0.39, 0.29) is 5.91 Å². The Bertz CT molecular complexity index is 433. The molecule has 0 radical (unpaired) electrons. The fraction of sp³-hybridized carbons (Fsp3) is 0.417. The first kappa shape index (κ1) is 12.7. The first-order chi connectivity index (χ1) is 8.06. The Morgan fingerprint density at radius 1 is 1.35 bits per heavy atom. The van der Waals surface area contributed by atoms with E-state index in [2.05, 4.69) is 4.90 Å². The molecule has 0 aromatic heterocycles. The Hall–Kier alpha value is -0.770. The highest BCUT2D eigenvalue weighted by Gasteiger charge is 2.29. The van der Waals surface area contributed by atoms with Crippen LogP contribution in [-0.2, 0) is 11.3 Å². The number of hydrogen-bond acceptors (Lipinski definition) is 2. The molecule has 2 N–H and O–H groups in total. The van der Waals surface area contributed by atoms with E-state index >= 15 is 0 Å². The average Bonchev–Trinajstić information content (AvgIpc) is 3.05. The molecule has 1 fully saturated rings. The van der Waals surface area contributed by atoms with Gasteiger partial charge in [0.15, 0.2) is 0 Å². The third-order valence-electron chi connectivity index (χ3n) is 2.79. The Labute approximate surface area is 110 Å². The SMILES string of the molecule is NC(=O)CN(Cc1ccc(Cl)c(Cl)c1)C1CC1. The fourth-order valence-corrected chi connectivity index (χ4v) is 2.15. The summed E-state index contributed by atoms with van der Waals surface area (Å²) in [6, 6.07) is 6.01. The predicted molar refractivity (Wildman–Crippen MR) is 69.1 cm³/mol. The molecule has 1 amide bonds. The number of rotatable bonds is 5. The molecule has 0 bridgehead atoms. The van der Waals surface area contributed by atoms with Crippen LogP contribution in [0, 0.1) is 0 Å². The zero-order valence-corrected chi connectivity index (χ0v) is 10.8. The van der Waals surface area contributed by atoms with Crippen LogP contribution in [0.1, 0.15) is 18.4 Å². The van der Waals surface area contributed by atoms with E-state index in [0.29, 0.717) is 29.2 Å². The van der Waals surface area contributed by atoms with E-state index in [1.165, 1.54) is 0 Å². The van der Waals surface area contributed by atoms with E-state index in [9.17, 15) is 4.79 Å². The maximum Gasteiger partial charge on any atom is 0.231 e. The number of primary amides is 1. The highest BCUT2D eigenvalue weighted by atomic mass is 35.5. The van der Waals surface area contributed by atoms with Gasteiger partial charge in [-0.25, -0.2) is 0 Å². The normalized spacial score (nSPS) is 15.2. The zero-order valence-electron chi connectivity index (χ0n) is 9.33. The Morgan fingerprint density at radius 2 is 2.06 bits per heavy atom. The van der Waals surface area contributed by atoms with Crippen LogP contribution < -0.4 is 5.73 Å². The molecule has 1 aliphatic carbocycles. The van der Waals surface area contributed by atoms with E-state index in [0.717, 1.165) is 18.4 Å². The van der Waals surface area contributed by atoms with Gasteiger partial charge in [-0.3, -0.25) is 9.69 Å². The smallest absolute Gasteiger partial charge is 0.231 e. The second kappa shape index (κ2) is 5.25. The number of benzene rings is 1. The van der Waals surface area contributed by atoms with Gasteiger partial charge in [0.25, 0.3) is 0 Å². The van der Waals surface area contributed by atoms with Gasteiger partial charge in [-0.05, 0) is 30.5 Å². The van der Waals surface area contributed by atoms with Crippen LogP contribution in [0.4, 0.5) is 0 Å². The van der Waals surface area contributed by atoms with Crippen LogP contribution >= 0.6 is 23.2 Å². The van der Waals surface area contributed by atoms with Crippen molar-refractivity contribution < 1.29 is 4.79 Å². The Morgan fingerprint density at radius 3 is 2.59 bits per heavy atom. The summed E-state index contributed by atoms with van der Waals surface area (Å²) in [5, 5.41) is 1.09. The number of carbonyl (C=O) groups is 1. The van der Waals surface area contributed by atoms with Gasteiger partial charge in [0.05, 0.1) is 16.6 Å². The summed E-state index contributed by atoms with van der Waals surface area (Å²) in [5.41, 5.74) is 6.29. The number of halogens is 2. The van der Waals surface area contributed by atoms with Crippen molar-refractivity contribution in [1.29, 1.82) is 0 Å². The summed E-state index contributed by atoms with van der Waals surface area (Å²) < 4.78 is 0.